The van der Waals surface area contributed by atoms with Crippen LogP contribution in [0, 0.1) is 0 Å². The van der Waals surface area contributed by atoms with E-state index in [4.69, 9.17) is 9.84 Å². The molecule has 1 saturated heterocycles. The summed E-state index contributed by atoms with van der Waals surface area (Å²) in [5.74, 6) is 0. The molecule has 0 spiro atoms. The van der Waals surface area contributed by atoms with Crippen molar-refractivity contribution in [1.82, 2.24) is 15.0 Å². The summed E-state index contributed by atoms with van der Waals surface area (Å²) in [6, 6.07) is 0.421. The summed E-state index contributed by atoms with van der Waals surface area (Å²) in [5, 5.41) is 17.3. The molecule has 1 aromatic heterocycles. The van der Waals surface area contributed by atoms with Gasteiger partial charge in [0, 0.05) is 12.8 Å². The first-order valence-electron chi connectivity index (χ1n) is 7.86. The Kier molecular flexibility index (Phi) is 5.98. The fourth-order valence-corrected chi connectivity index (χ4v) is 2.96. The zero-order valence-corrected chi connectivity index (χ0v) is 12.7. The maximum Gasteiger partial charge on any atom is 0.0827 e. The number of aromatic nitrogens is 3. The van der Waals surface area contributed by atoms with Crippen molar-refractivity contribution >= 4 is 0 Å². The number of aliphatic hydroxyl groups excluding tert-OH is 1. The fraction of sp³-hybridized carbons (Fsp3) is 0.867. The molecular weight excluding hydrogens is 254 g/mol. The summed E-state index contributed by atoms with van der Waals surface area (Å²) >= 11 is 0. The van der Waals surface area contributed by atoms with E-state index < -0.39 is 0 Å². The van der Waals surface area contributed by atoms with Gasteiger partial charge in [-0.3, -0.25) is 0 Å². The van der Waals surface area contributed by atoms with Crippen molar-refractivity contribution in [2.24, 2.45) is 0 Å². The van der Waals surface area contributed by atoms with E-state index in [1.807, 2.05) is 4.68 Å². The Hall–Kier alpha value is -0.940. The highest BCUT2D eigenvalue weighted by molar-refractivity contribution is 4.94. The van der Waals surface area contributed by atoms with Gasteiger partial charge in [-0.1, -0.05) is 18.1 Å². The third-order valence-electron chi connectivity index (χ3n) is 3.95. The minimum atomic E-state index is 0.301. The van der Waals surface area contributed by atoms with E-state index in [9.17, 15) is 0 Å². The molecule has 5 heteroatoms. The van der Waals surface area contributed by atoms with E-state index in [1.165, 1.54) is 0 Å². The van der Waals surface area contributed by atoms with Crippen molar-refractivity contribution in [2.45, 2.75) is 77.0 Å². The van der Waals surface area contributed by atoms with Gasteiger partial charge in [-0.05, 0) is 46.0 Å². The molecule has 1 aliphatic heterocycles. The molecule has 1 unspecified atom stereocenters. The second kappa shape index (κ2) is 7.74. The van der Waals surface area contributed by atoms with Gasteiger partial charge in [0.05, 0.1) is 23.9 Å². The molecule has 114 valence electrons. The normalized spacial score (nSPS) is 26.9. The van der Waals surface area contributed by atoms with Crippen LogP contribution >= 0.6 is 0 Å². The molecule has 0 bridgehead atoms. The molecule has 0 aliphatic carbocycles. The van der Waals surface area contributed by atoms with Gasteiger partial charge in [0.2, 0.25) is 0 Å². The molecule has 2 heterocycles. The van der Waals surface area contributed by atoms with Crippen LogP contribution in [-0.4, -0.2) is 38.9 Å². The van der Waals surface area contributed by atoms with Gasteiger partial charge in [-0.2, -0.15) is 0 Å². The lowest BCUT2D eigenvalue weighted by Gasteiger charge is -2.31. The Balaban J connectivity index is 1.79. The predicted molar refractivity (Wildman–Crippen MR) is 77.6 cm³/mol. The summed E-state index contributed by atoms with van der Waals surface area (Å²) in [7, 11) is 0. The molecule has 20 heavy (non-hydrogen) atoms. The van der Waals surface area contributed by atoms with Gasteiger partial charge in [-0.15, -0.1) is 5.10 Å². The van der Waals surface area contributed by atoms with Crippen molar-refractivity contribution in [3.05, 3.63) is 11.9 Å². The predicted octanol–water partition coefficient (Wildman–Crippen LogP) is 2.50. The van der Waals surface area contributed by atoms with E-state index in [1.54, 1.807) is 0 Å². The number of unbranched alkanes of at least 4 members (excludes halogenated alkanes) is 3. The molecule has 3 atom stereocenters. The molecule has 0 saturated carbocycles. The minimum absolute atomic E-state index is 0.301. The van der Waals surface area contributed by atoms with Gasteiger partial charge < -0.3 is 9.84 Å². The van der Waals surface area contributed by atoms with Crippen LogP contribution in [0.15, 0.2) is 6.20 Å². The highest BCUT2D eigenvalue weighted by atomic mass is 16.5. The quantitative estimate of drug-likeness (QED) is 0.780. The molecule has 1 fully saturated rings. The molecule has 1 aromatic rings. The largest absolute Gasteiger partial charge is 0.396 e. The summed E-state index contributed by atoms with van der Waals surface area (Å²) in [6.45, 7) is 4.56. The highest BCUT2D eigenvalue weighted by Gasteiger charge is 2.26. The first kappa shape index (κ1) is 15.4. The van der Waals surface area contributed by atoms with Crippen molar-refractivity contribution in [3.63, 3.8) is 0 Å². The van der Waals surface area contributed by atoms with Crippen LogP contribution in [0.1, 0.15) is 64.1 Å². The van der Waals surface area contributed by atoms with Gasteiger partial charge in [0.15, 0.2) is 0 Å². The molecule has 1 aliphatic rings. The Morgan fingerprint density at radius 3 is 2.60 bits per heavy atom. The van der Waals surface area contributed by atoms with Crippen molar-refractivity contribution < 1.29 is 9.84 Å². The number of rotatable bonds is 7. The van der Waals surface area contributed by atoms with E-state index in [2.05, 4.69) is 30.4 Å². The second-order valence-electron chi connectivity index (χ2n) is 5.96. The summed E-state index contributed by atoms with van der Waals surface area (Å²) < 4.78 is 7.79. The molecule has 1 N–H and O–H groups in total. The maximum atomic E-state index is 8.74. The maximum absolute atomic E-state index is 8.74. The van der Waals surface area contributed by atoms with E-state index in [-0.39, 0.29) is 0 Å². The molecule has 2 rings (SSSR count). The summed E-state index contributed by atoms with van der Waals surface area (Å²) in [4.78, 5) is 0. The Morgan fingerprint density at radius 2 is 1.90 bits per heavy atom. The molecule has 0 aromatic carbocycles. The number of nitrogens with zero attached hydrogens (tertiary/aromatic N) is 3. The molecule has 0 radical (unpaired) electrons. The average molecular weight is 281 g/mol. The SMILES string of the molecule is C[C@@H]1CC(n2cc(CCCCCCO)nn2)C[C@H](C)O1. The summed E-state index contributed by atoms with van der Waals surface area (Å²) in [5.41, 5.74) is 1.08. The monoisotopic (exact) mass is 281 g/mol. The van der Waals surface area contributed by atoms with Crippen LogP contribution < -0.4 is 0 Å². The first-order valence-corrected chi connectivity index (χ1v) is 7.86. The fourth-order valence-electron chi connectivity index (χ4n) is 2.96. The van der Waals surface area contributed by atoms with Gasteiger partial charge in [0.1, 0.15) is 0 Å². The van der Waals surface area contributed by atoms with E-state index in [0.717, 1.165) is 50.6 Å². The average Bonchev–Trinajstić information content (AvgIpc) is 2.86. The van der Waals surface area contributed by atoms with Gasteiger partial charge in [-0.25, -0.2) is 4.68 Å². The number of aryl methyl sites for hydroxylation is 1. The number of hydrogen-bond donors (Lipinski definition) is 1. The summed E-state index contributed by atoms with van der Waals surface area (Å²) in [6.07, 6.45) is 10.0. The highest BCUT2D eigenvalue weighted by Crippen LogP contribution is 2.28. The van der Waals surface area contributed by atoms with E-state index >= 15 is 0 Å². The van der Waals surface area contributed by atoms with Crippen LogP contribution in [0.4, 0.5) is 0 Å². The van der Waals surface area contributed by atoms with Crippen molar-refractivity contribution in [3.8, 4) is 0 Å². The standard InChI is InChI=1S/C15H27N3O2/c1-12-9-15(10-13(2)20-12)18-11-14(16-17-18)7-5-3-4-6-8-19/h11-13,15,19H,3-10H2,1-2H3/t12-,13+,15?. The van der Waals surface area contributed by atoms with Crippen LogP contribution in [0.25, 0.3) is 0 Å². The van der Waals surface area contributed by atoms with Crippen LogP contribution in [0.3, 0.4) is 0 Å². The van der Waals surface area contributed by atoms with Crippen LogP contribution in [0.2, 0.25) is 0 Å². The van der Waals surface area contributed by atoms with Crippen molar-refractivity contribution in [1.29, 1.82) is 0 Å². The Bertz CT molecular complexity index is 384. The zero-order chi connectivity index (χ0) is 14.4. The van der Waals surface area contributed by atoms with Crippen molar-refractivity contribution in [2.75, 3.05) is 6.61 Å². The smallest absolute Gasteiger partial charge is 0.0827 e. The third-order valence-corrected chi connectivity index (χ3v) is 3.95. The molecular formula is C15H27N3O2. The van der Waals surface area contributed by atoms with Crippen LogP contribution in [-0.2, 0) is 11.2 Å². The number of aliphatic hydroxyl groups is 1. The second-order valence-corrected chi connectivity index (χ2v) is 5.96. The molecule has 0 amide bonds. The number of hydrogen-bond acceptors (Lipinski definition) is 4. The lowest BCUT2D eigenvalue weighted by Crippen LogP contribution is -2.31. The minimum Gasteiger partial charge on any atom is -0.396 e. The Morgan fingerprint density at radius 1 is 1.20 bits per heavy atom. The lowest BCUT2D eigenvalue weighted by molar-refractivity contribution is -0.0509. The zero-order valence-electron chi connectivity index (χ0n) is 12.7. The van der Waals surface area contributed by atoms with Gasteiger partial charge >= 0.3 is 0 Å². The Labute approximate surface area is 121 Å². The van der Waals surface area contributed by atoms with E-state index in [0.29, 0.717) is 24.9 Å². The number of ether oxygens (including phenoxy) is 1. The molecule has 5 nitrogen and oxygen atoms in total. The van der Waals surface area contributed by atoms with Gasteiger partial charge in [0.25, 0.3) is 0 Å². The lowest BCUT2D eigenvalue weighted by atomic mass is 10.0. The van der Waals surface area contributed by atoms with Crippen LogP contribution in [0.5, 0.6) is 0 Å². The first-order chi connectivity index (χ1) is 9.69. The topological polar surface area (TPSA) is 60.2 Å². The third kappa shape index (κ3) is 4.56.